The van der Waals surface area contributed by atoms with Gasteiger partial charge in [0.15, 0.2) is 9.84 Å². The van der Waals surface area contributed by atoms with Crippen LogP contribution in [-0.2, 0) is 19.9 Å². The molecular formula is C11H10Cl3NO6S2. The zero-order valence-electron chi connectivity index (χ0n) is 11.2. The van der Waals surface area contributed by atoms with Crippen LogP contribution in [0.5, 0.6) is 0 Å². The van der Waals surface area contributed by atoms with Crippen molar-refractivity contribution in [3.8, 4) is 0 Å². The Bertz CT molecular complexity index is 868. The van der Waals surface area contributed by atoms with Crippen molar-refractivity contribution in [3.05, 3.63) is 27.7 Å². The van der Waals surface area contributed by atoms with Gasteiger partial charge in [-0.15, -0.1) is 11.6 Å². The zero-order chi connectivity index (χ0) is 17.6. The first kappa shape index (κ1) is 18.8. The first-order chi connectivity index (χ1) is 10.4. The number of halogens is 3. The minimum absolute atomic E-state index is 0.222. The molecule has 0 amide bonds. The van der Waals surface area contributed by atoms with E-state index in [1.807, 2.05) is 0 Å². The van der Waals surface area contributed by atoms with E-state index in [1.54, 1.807) is 0 Å². The summed E-state index contributed by atoms with van der Waals surface area (Å²) >= 11 is 17.4. The number of hydrogen-bond acceptors (Lipinski definition) is 5. The van der Waals surface area contributed by atoms with Gasteiger partial charge in [0.05, 0.1) is 38.5 Å². The lowest BCUT2D eigenvalue weighted by atomic mass is 10.2. The fourth-order valence-electron chi connectivity index (χ4n) is 2.07. The summed E-state index contributed by atoms with van der Waals surface area (Å²) in [7, 11) is -7.73. The van der Waals surface area contributed by atoms with Crippen LogP contribution in [0.2, 0.25) is 10.0 Å². The van der Waals surface area contributed by atoms with Crippen LogP contribution in [0.25, 0.3) is 0 Å². The van der Waals surface area contributed by atoms with Crippen molar-refractivity contribution in [2.24, 2.45) is 0 Å². The molecule has 2 N–H and O–H groups in total. The smallest absolute Gasteiger partial charge is 0.337 e. The molecule has 0 radical (unpaired) electrons. The number of sulfonamides is 1. The van der Waals surface area contributed by atoms with E-state index in [9.17, 15) is 21.6 Å². The van der Waals surface area contributed by atoms with E-state index >= 15 is 0 Å². The van der Waals surface area contributed by atoms with E-state index in [0.29, 0.717) is 0 Å². The second-order valence-electron chi connectivity index (χ2n) is 4.89. The van der Waals surface area contributed by atoms with Crippen molar-refractivity contribution >= 4 is 60.6 Å². The van der Waals surface area contributed by atoms with Gasteiger partial charge in [-0.25, -0.2) is 26.4 Å². The summed E-state index contributed by atoms with van der Waals surface area (Å²) in [6.45, 7) is 0. The quantitative estimate of drug-likeness (QED) is 0.708. The molecule has 2 atom stereocenters. The van der Waals surface area contributed by atoms with Crippen molar-refractivity contribution in [3.63, 3.8) is 0 Å². The summed E-state index contributed by atoms with van der Waals surface area (Å²) in [4.78, 5) is 10.5. The molecule has 0 aromatic heterocycles. The van der Waals surface area contributed by atoms with E-state index in [0.717, 1.165) is 12.1 Å². The molecule has 2 unspecified atom stereocenters. The largest absolute Gasteiger partial charge is 0.478 e. The average Bonchev–Trinajstić information content (AvgIpc) is 2.60. The Morgan fingerprint density at radius 1 is 1.22 bits per heavy atom. The second kappa shape index (κ2) is 6.38. The molecule has 1 aromatic rings. The molecule has 128 valence electrons. The van der Waals surface area contributed by atoms with Crippen molar-refractivity contribution < 1.29 is 26.7 Å². The summed E-state index contributed by atoms with van der Waals surface area (Å²) in [5.74, 6) is -2.23. The van der Waals surface area contributed by atoms with Gasteiger partial charge in [0.25, 0.3) is 0 Å². The van der Waals surface area contributed by atoms with Gasteiger partial charge in [-0.3, -0.25) is 0 Å². The van der Waals surface area contributed by atoms with E-state index in [-0.39, 0.29) is 15.8 Å². The number of carbonyl (C=O) groups is 1. The maximum absolute atomic E-state index is 12.4. The molecule has 1 aliphatic heterocycles. The molecule has 0 aliphatic carbocycles. The van der Waals surface area contributed by atoms with Crippen LogP contribution in [0.3, 0.4) is 0 Å². The van der Waals surface area contributed by atoms with Gasteiger partial charge in [-0.05, 0) is 12.1 Å². The minimum atomic E-state index is -4.28. The molecule has 1 aliphatic rings. The molecule has 2 rings (SSSR count). The van der Waals surface area contributed by atoms with Crippen molar-refractivity contribution in [1.82, 2.24) is 4.72 Å². The van der Waals surface area contributed by atoms with E-state index in [4.69, 9.17) is 39.9 Å². The maximum Gasteiger partial charge on any atom is 0.337 e. The third-order valence-corrected chi connectivity index (χ3v) is 7.77. The average molecular weight is 423 g/mol. The Balaban J connectivity index is 2.41. The molecule has 23 heavy (non-hydrogen) atoms. The van der Waals surface area contributed by atoms with Crippen LogP contribution >= 0.6 is 34.8 Å². The molecule has 1 fully saturated rings. The van der Waals surface area contributed by atoms with Crippen LogP contribution in [0.15, 0.2) is 17.0 Å². The third kappa shape index (κ3) is 4.09. The van der Waals surface area contributed by atoms with Gasteiger partial charge < -0.3 is 5.11 Å². The van der Waals surface area contributed by atoms with Gasteiger partial charge in [-0.1, -0.05) is 23.2 Å². The zero-order valence-corrected chi connectivity index (χ0v) is 15.1. The monoisotopic (exact) mass is 421 g/mol. The molecule has 12 heteroatoms. The van der Waals surface area contributed by atoms with Crippen LogP contribution in [-0.4, -0.2) is 50.8 Å². The number of benzene rings is 1. The molecule has 1 aromatic carbocycles. The number of carboxylic acid groups (broad SMARTS) is 1. The first-order valence-corrected chi connectivity index (χ1v) is 10.5. The number of hydrogen-bond donors (Lipinski definition) is 2. The number of nitrogens with one attached hydrogen (secondary N) is 1. The van der Waals surface area contributed by atoms with Gasteiger partial charge >= 0.3 is 5.97 Å². The predicted octanol–water partition coefficient (Wildman–Crippen LogP) is 1.37. The van der Waals surface area contributed by atoms with Crippen molar-refractivity contribution in [2.45, 2.75) is 16.3 Å². The molecule has 7 nitrogen and oxygen atoms in total. The summed E-state index contributed by atoms with van der Waals surface area (Å²) < 4.78 is 49.9. The highest BCUT2D eigenvalue weighted by Crippen LogP contribution is 2.29. The van der Waals surface area contributed by atoms with E-state index in [1.165, 1.54) is 0 Å². The molecule has 0 bridgehead atoms. The fraction of sp³-hybridized carbons (Fsp3) is 0.364. The summed E-state index contributed by atoms with van der Waals surface area (Å²) in [5.41, 5.74) is -0.446. The van der Waals surface area contributed by atoms with E-state index in [2.05, 4.69) is 4.72 Å². The Morgan fingerprint density at radius 3 is 2.30 bits per heavy atom. The molecular weight excluding hydrogens is 413 g/mol. The Morgan fingerprint density at radius 2 is 1.83 bits per heavy atom. The Hall–Kier alpha value is -0.580. The standard InChI is InChI=1S/C11H10Cl3NO6S2/c12-6-2-7(13)10(1-5(6)11(16)17)23(20,21)15-9-4-22(18,19)3-8(9)14/h1-2,8-9,15H,3-4H2,(H,16,17). The minimum Gasteiger partial charge on any atom is -0.478 e. The Kier molecular flexibility index (Phi) is 5.20. The highest BCUT2D eigenvalue weighted by atomic mass is 35.5. The van der Waals surface area contributed by atoms with E-state index < -0.39 is 53.5 Å². The third-order valence-electron chi connectivity index (χ3n) is 3.13. The summed E-state index contributed by atoms with van der Waals surface area (Å²) in [5, 5.41) is 7.55. The molecule has 1 saturated heterocycles. The van der Waals surface area contributed by atoms with Gasteiger partial charge in [0, 0.05) is 0 Å². The van der Waals surface area contributed by atoms with Crippen molar-refractivity contribution in [2.75, 3.05) is 11.5 Å². The molecule has 1 heterocycles. The van der Waals surface area contributed by atoms with Crippen LogP contribution in [0, 0.1) is 0 Å². The highest BCUT2D eigenvalue weighted by Gasteiger charge is 2.39. The first-order valence-electron chi connectivity index (χ1n) is 6.02. The summed E-state index contributed by atoms with van der Waals surface area (Å²) in [6, 6.07) is 0.763. The van der Waals surface area contributed by atoms with Crippen molar-refractivity contribution in [1.29, 1.82) is 0 Å². The number of alkyl halides is 1. The Labute approximate surface area is 147 Å². The SMILES string of the molecule is O=C(O)c1cc(S(=O)(=O)NC2CS(=O)(=O)CC2Cl)c(Cl)cc1Cl. The second-order valence-corrected chi connectivity index (χ2v) is 10.1. The molecule has 0 spiro atoms. The number of rotatable bonds is 4. The van der Waals surface area contributed by atoms with Crippen LogP contribution in [0.1, 0.15) is 10.4 Å². The van der Waals surface area contributed by atoms with Crippen LogP contribution in [0.4, 0.5) is 0 Å². The maximum atomic E-state index is 12.4. The fourth-order valence-corrected chi connectivity index (χ4v) is 6.93. The lowest BCUT2D eigenvalue weighted by molar-refractivity contribution is 0.0697. The van der Waals surface area contributed by atoms with Gasteiger partial charge in [0.1, 0.15) is 4.90 Å². The van der Waals surface area contributed by atoms with Gasteiger partial charge in [-0.2, -0.15) is 0 Å². The predicted molar refractivity (Wildman–Crippen MR) is 85.8 cm³/mol. The molecule has 0 saturated carbocycles. The highest BCUT2D eigenvalue weighted by molar-refractivity contribution is 7.92. The number of aromatic carboxylic acids is 1. The normalized spacial score (nSPS) is 23.8. The topological polar surface area (TPSA) is 118 Å². The number of sulfone groups is 1. The summed E-state index contributed by atoms with van der Waals surface area (Å²) in [6.07, 6.45) is 0. The lowest BCUT2D eigenvalue weighted by Crippen LogP contribution is -2.40. The van der Waals surface area contributed by atoms with Gasteiger partial charge in [0.2, 0.25) is 10.0 Å². The van der Waals surface area contributed by atoms with Crippen LogP contribution < -0.4 is 4.72 Å². The lowest BCUT2D eigenvalue weighted by Gasteiger charge is -2.16. The number of carboxylic acids is 1.